The third kappa shape index (κ3) is 5.79. The minimum Gasteiger partial charge on any atom is -0.361 e. The van der Waals surface area contributed by atoms with Gasteiger partial charge < -0.3 is 20.5 Å². The molecule has 1 aliphatic rings. The molecule has 1 amide bonds. The van der Waals surface area contributed by atoms with Crippen LogP contribution in [0.25, 0.3) is 10.9 Å². The van der Waals surface area contributed by atoms with Crippen molar-refractivity contribution in [3.05, 3.63) is 65.6 Å². The molecule has 32 heavy (non-hydrogen) atoms. The SMILES string of the molecule is CCNC(=NCc1ccc(N2CCCC2=O)cc1)NCCc1c[nH]c2ccc(F)cc12.I. The van der Waals surface area contributed by atoms with E-state index in [1.54, 1.807) is 12.1 Å². The molecule has 3 N–H and O–H groups in total. The molecule has 2 aromatic carbocycles. The van der Waals surface area contributed by atoms with Gasteiger partial charge in [0.25, 0.3) is 0 Å². The fourth-order valence-corrected chi connectivity index (χ4v) is 3.89. The van der Waals surface area contributed by atoms with E-state index in [4.69, 9.17) is 0 Å². The molecule has 0 unspecified atom stereocenters. The Balaban J connectivity index is 0.00000289. The molecule has 0 atom stereocenters. The number of carbonyl (C=O) groups excluding carboxylic acids is 1. The maximum Gasteiger partial charge on any atom is 0.227 e. The molecular weight excluding hydrogens is 520 g/mol. The summed E-state index contributed by atoms with van der Waals surface area (Å²) >= 11 is 0. The summed E-state index contributed by atoms with van der Waals surface area (Å²) < 4.78 is 13.6. The van der Waals surface area contributed by atoms with Crippen LogP contribution in [0.1, 0.15) is 30.9 Å². The molecule has 2 heterocycles. The van der Waals surface area contributed by atoms with Gasteiger partial charge >= 0.3 is 0 Å². The predicted molar refractivity (Wildman–Crippen MR) is 138 cm³/mol. The number of halogens is 2. The van der Waals surface area contributed by atoms with Gasteiger partial charge in [-0.2, -0.15) is 0 Å². The molecule has 0 spiro atoms. The Kier molecular flexibility index (Phi) is 8.49. The number of amides is 1. The highest BCUT2D eigenvalue weighted by Crippen LogP contribution is 2.22. The van der Waals surface area contributed by atoms with Crippen LogP contribution in [0.4, 0.5) is 10.1 Å². The number of hydrogen-bond donors (Lipinski definition) is 3. The predicted octanol–water partition coefficient (Wildman–Crippen LogP) is 4.35. The summed E-state index contributed by atoms with van der Waals surface area (Å²) in [7, 11) is 0. The Morgan fingerprint density at radius 3 is 2.72 bits per heavy atom. The highest BCUT2D eigenvalue weighted by Gasteiger charge is 2.21. The normalized spacial score (nSPS) is 14.0. The van der Waals surface area contributed by atoms with E-state index in [2.05, 4.69) is 20.6 Å². The molecule has 0 saturated carbocycles. The van der Waals surface area contributed by atoms with Gasteiger partial charge in [-0.1, -0.05) is 12.1 Å². The van der Waals surface area contributed by atoms with Gasteiger partial charge in [0.05, 0.1) is 6.54 Å². The molecule has 1 aromatic heterocycles. The van der Waals surface area contributed by atoms with Gasteiger partial charge in [-0.3, -0.25) is 4.79 Å². The zero-order chi connectivity index (χ0) is 21.6. The number of benzene rings is 2. The molecule has 6 nitrogen and oxygen atoms in total. The van der Waals surface area contributed by atoms with Crippen molar-refractivity contribution in [2.24, 2.45) is 4.99 Å². The summed E-state index contributed by atoms with van der Waals surface area (Å²) in [5.74, 6) is 0.714. The van der Waals surface area contributed by atoms with Crippen molar-refractivity contribution >= 4 is 52.4 Å². The van der Waals surface area contributed by atoms with Crippen LogP contribution in [0, 0.1) is 5.82 Å². The third-order valence-corrected chi connectivity index (χ3v) is 5.50. The van der Waals surface area contributed by atoms with Crippen LogP contribution in [0.15, 0.2) is 53.7 Å². The maximum atomic E-state index is 13.6. The van der Waals surface area contributed by atoms with Crippen molar-refractivity contribution in [3.8, 4) is 0 Å². The van der Waals surface area contributed by atoms with Crippen LogP contribution in [-0.2, 0) is 17.8 Å². The third-order valence-electron chi connectivity index (χ3n) is 5.50. The van der Waals surface area contributed by atoms with Crippen LogP contribution < -0.4 is 15.5 Å². The van der Waals surface area contributed by atoms with Crippen LogP contribution in [-0.4, -0.2) is 36.5 Å². The molecule has 8 heteroatoms. The number of anilines is 1. The highest BCUT2D eigenvalue weighted by atomic mass is 127. The average Bonchev–Trinajstić information content (AvgIpc) is 3.38. The second-order valence-electron chi connectivity index (χ2n) is 7.69. The molecule has 0 radical (unpaired) electrons. The standard InChI is InChI=1S/C24H28FN5O.HI/c1-2-26-24(27-12-11-18-16-28-22-10-7-19(25)14-21(18)22)29-15-17-5-8-20(9-6-17)30-13-3-4-23(30)31;/h5-10,14,16,28H,2-4,11-13,15H2,1H3,(H2,26,27,29);1H. The van der Waals surface area contributed by atoms with E-state index in [0.717, 1.165) is 59.6 Å². The number of carbonyl (C=O) groups is 1. The van der Waals surface area contributed by atoms with E-state index in [9.17, 15) is 9.18 Å². The van der Waals surface area contributed by atoms with Gasteiger partial charge in [0.2, 0.25) is 5.91 Å². The first kappa shape index (κ1) is 24.0. The average molecular weight is 549 g/mol. The van der Waals surface area contributed by atoms with Crippen molar-refractivity contribution in [2.45, 2.75) is 32.7 Å². The van der Waals surface area contributed by atoms with Crippen molar-refractivity contribution in [1.82, 2.24) is 15.6 Å². The highest BCUT2D eigenvalue weighted by molar-refractivity contribution is 14.0. The summed E-state index contributed by atoms with van der Waals surface area (Å²) in [6.45, 7) is 4.82. The zero-order valence-electron chi connectivity index (χ0n) is 18.2. The number of aromatic amines is 1. The first-order valence-corrected chi connectivity index (χ1v) is 10.8. The van der Waals surface area contributed by atoms with E-state index in [1.807, 2.05) is 42.3 Å². The van der Waals surface area contributed by atoms with Gasteiger partial charge in [0, 0.05) is 48.8 Å². The fraction of sp³-hybridized carbons (Fsp3) is 0.333. The van der Waals surface area contributed by atoms with Crippen molar-refractivity contribution in [3.63, 3.8) is 0 Å². The first-order chi connectivity index (χ1) is 15.1. The summed E-state index contributed by atoms with van der Waals surface area (Å²) in [5, 5.41) is 7.53. The quantitative estimate of drug-likeness (QED) is 0.233. The number of nitrogens with zero attached hydrogens (tertiary/aromatic N) is 2. The van der Waals surface area contributed by atoms with Gasteiger partial charge in [-0.15, -0.1) is 24.0 Å². The lowest BCUT2D eigenvalue weighted by Gasteiger charge is -2.16. The van der Waals surface area contributed by atoms with Gasteiger partial charge in [0.1, 0.15) is 5.82 Å². The number of guanidine groups is 1. The van der Waals surface area contributed by atoms with Crippen LogP contribution in [0.2, 0.25) is 0 Å². The Hall–Kier alpha value is -2.62. The molecule has 0 aliphatic carbocycles. The molecule has 1 fully saturated rings. The van der Waals surface area contributed by atoms with Gasteiger partial charge in [-0.25, -0.2) is 9.38 Å². The van der Waals surface area contributed by atoms with Crippen molar-refractivity contribution < 1.29 is 9.18 Å². The number of nitrogens with one attached hydrogen (secondary N) is 3. The molecule has 3 aromatic rings. The second kappa shape index (κ2) is 11.3. The van der Waals surface area contributed by atoms with Crippen molar-refractivity contribution in [1.29, 1.82) is 0 Å². The van der Waals surface area contributed by atoms with E-state index >= 15 is 0 Å². The molecular formula is C24H29FIN5O. The number of fused-ring (bicyclic) bond motifs is 1. The lowest BCUT2D eigenvalue weighted by molar-refractivity contribution is -0.117. The largest absolute Gasteiger partial charge is 0.361 e. The summed E-state index contributed by atoms with van der Waals surface area (Å²) in [6.07, 6.45) is 4.25. The minimum absolute atomic E-state index is 0. The Morgan fingerprint density at radius 2 is 2.00 bits per heavy atom. The topological polar surface area (TPSA) is 72.5 Å². The number of H-pyrrole nitrogens is 1. The summed E-state index contributed by atoms with van der Waals surface area (Å²) in [6, 6.07) is 12.8. The van der Waals surface area contributed by atoms with E-state index in [1.165, 1.54) is 6.07 Å². The van der Waals surface area contributed by atoms with E-state index < -0.39 is 0 Å². The number of hydrogen-bond acceptors (Lipinski definition) is 2. The molecule has 170 valence electrons. The van der Waals surface area contributed by atoms with Crippen LogP contribution >= 0.6 is 24.0 Å². The molecule has 1 saturated heterocycles. The number of aliphatic imine (C=N–C) groups is 1. The molecule has 0 bridgehead atoms. The molecule has 4 rings (SSSR count). The van der Waals surface area contributed by atoms with E-state index in [0.29, 0.717) is 19.5 Å². The zero-order valence-corrected chi connectivity index (χ0v) is 20.5. The van der Waals surface area contributed by atoms with Crippen molar-refractivity contribution in [2.75, 3.05) is 24.5 Å². The van der Waals surface area contributed by atoms with Gasteiger partial charge in [-0.05, 0) is 61.2 Å². The second-order valence-corrected chi connectivity index (χ2v) is 7.69. The number of rotatable bonds is 7. The summed E-state index contributed by atoms with van der Waals surface area (Å²) in [4.78, 5) is 21.6. The van der Waals surface area contributed by atoms with Crippen LogP contribution in [0.3, 0.4) is 0 Å². The first-order valence-electron chi connectivity index (χ1n) is 10.8. The summed E-state index contributed by atoms with van der Waals surface area (Å²) in [5.41, 5.74) is 4.05. The molecule has 1 aliphatic heterocycles. The van der Waals surface area contributed by atoms with E-state index in [-0.39, 0.29) is 35.7 Å². The van der Waals surface area contributed by atoms with Gasteiger partial charge in [0.15, 0.2) is 5.96 Å². The smallest absolute Gasteiger partial charge is 0.227 e. The lowest BCUT2D eigenvalue weighted by atomic mass is 10.1. The lowest BCUT2D eigenvalue weighted by Crippen LogP contribution is -2.38. The Bertz CT molecular complexity index is 1080. The minimum atomic E-state index is -0.226. The monoisotopic (exact) mass is 549 g/mol. The van der Waals surface area contributed by atoms with Crippen LogP contribution in [0.5, 0.6) is 0 Å². The number of aromatic nitrogens is 1. The fourth-order valence-electron chi connectivity index (χ4n) is 3.89. The Labute approximate surface area is 204 Å². The maximum absolute atomic E-state index is 13.6. The Morgan fingerprint density at radius 1 is 1.19 bits per heavy atom.